The van der Waals surface area contributed by atoms with Crippen LogP contribution in [0.25, 0.3) is 0 Å². The first kappa shape index (κ1) is 13.2. The lowest BCUT2D eigenvalue weighted by Gasteiger charge is -2.05. The van der Waals surface area contributed by atoms with Gasteiger partial charge in [0.15, 0.2) is 5.76 Å². The van der Waals surface area contributed by atoms with Crippen molar-refractivity contribution in [3.63, 3.8) is 0 Å². The molecule has 0 aromatic rings. The number of aliphatic imine (C=N–C) groups is 1. The molecule has 0 aromatic heterocycles. The summed E-state index contributed by atoms with van der Waals surface area (Å²) in [5.74, 6) is -1.02. The SMILES string of the molecule is C=C(OO)C(/C=C(/CC(=O)O)NC)=NC. The van der Waals surface area contributed by atoms with Crippen molar-refractivity contribution in [3.05, 3.63) is 24.1 Å². The van der Waals surface area contributed by atoms with Gasteiger partial charge in [-0.05, 0) is 6.08 Å². The van der Waals surface area contributed by atoms with E-state index < -0.39 is 5.97 Å². The number of nitrogens with one attached hydrogen (secondary N) is 1. The number of rotatable bonds is 6. The van der Waals surface area contributed by atoms with Gasteiger partial charge < -0.3 is 15.3 Å². The van der Waals surface area contributed by atoms with Crippen molar-refractivity contribution in [2.45, 2.75) is 6.42 Å². The molecular weight excluding hydrogens is 200 g/mol. The highest BCUT2D eigenvalue weighted by Gasteiger charge is 2.07. The van der Waals surface area contributed by atoms with E-state index in [4.69, 9.17) is 10.4 Å². The van der Waals surface area contributed by atoms with Crippen LogP contribution in [0.3, 0.4) is 0 Å². The standard InChI is InChI=1S/C9H14N2O4/c1-6(15-14)8(11-3)4-7(10-2)5-9(12)13/h4,10,14H,1,5H2,2-3H3,(H,12,13)/b7-4-,11-8?. The van der Waals surface area contributed by atoms with Gasteiger partial charge in [-0.3, -0.25) is 9.79 Å². The molecule has 0 saturated carbocycles. The summed E-state index contributed by atoms with van der Waals surface area (Å²) in [6.07, 6.45) is 1.26. The van der Waals surface area contributed by atoms with Crippen LogP contribution in [0.1, 0.15) is 6.42 Å². The summed E-state index contributed by atoms with van der Waals surface area (Å²) in [7, 11) is 3.06. The Morgan fingerprint density at radius 2 is 2.27 bits per heavy atom. The molecule has 0 fully saturated rings. The van der Waals surface area contributed by atoms with Crippen molar-refractivity contribution in [2.75, 3.05) is 14.1 Å². The van der Waals surface area contributed by atoms with Crippen LogP contribution in [0.4, 0.5) is 0 Å². The topological polar surface area (TPSA) is 91.2 Å². The lowest BCUT2D eigenvalue weighted by Crippen LogP contribution is -2.13. The van der Waals surface area contributed by atoms with Crippen molar-refractivity contribution in [1.82, 2.24) is 5.32 Å². The van der Waals surface area contributed by atoms with Gasteiger partial charge in [-0.2, -0.15) is 0 Å². The smallest absolute Gasteiger partial charge is 0.309 e. The third-order valence-corrected chi connectivity index (χ3v) is 1.61. The highest BCUT2D eigenvalue weighted by Crippen LogP contribution is 2.03. The summed E-state index contributed by atoms with van der Waals surface area (Å²) in [6.45, 7) is 3.39. The number of carboxylic acids is 1. The largest absolute Gasteiger partial charge is 0.481 e. The van der Waals surface area contributed by atoms with E-state index in [2.05, 4.69) is 21.8 Å². The molecule has 0 radical (unpaired) electrons. The monoisotopic (exact) mass is 214 g/mol. The first-order chi connectivity index (χ1) is 7.04. The number of carboxylic acid groups (broad SMARTS) is 1. The predicted octanol–water partition coefficient (Wildman–Crippen LogP) is 0.638. The van der Waals surface area contributed by atoms with Crippen molar-refractivity contribution < 1.29 is 20.0 Å². The number of hydrogen-bond donors (Lipinski definition) is 3. The number of hydrogen-bond acceptors (Lipinski definition) is 5. The van der Waals surface area contributed by atoms with Crippen LogP contribution in [0.2, 0.25) is 0 Å². The lowest BCUT2D eigenvalue weighted by atomic mass is 10.2. The zero-order valence-corrected chi connectivity index (χ0v) is 8.65. The third kappa shape index (κ3) is 4.82. The highest BCUT2D eigenvalue weighted by molar-refractivity contribution is 6.07. The van der Waals surface area contributed by atoms with E-state index in [1.807, 2.05) is 0 Å². The zero-order valence-electron chi connectivity index (χ0n) is 8.65. The molecule has 0 aliphatic heterocycles. The van der Waals surface area contributed by atoms with Gasteiger partial charge in [0.1, 0.15) is 5.71 Å². The Bertz CT molecular complexity index is 307. The molecule has 15 heavy (non-hydrogen) atoms. The quantitative estimate of drug-likeness (QED) is 0.261. The first-order valence-corrected chi connectivity index (χ1v) is 4.12. The van der Waals surface area contributed by atoms with Crippen molar-refractivity contribution >= 4 is 11.7 Å². The zero-order chi connectivity index (χ0) is 11.8. The van der Waals surface area contributed by atoms with Gasteiger partial charge in [0.25, 0.3) is 0 Å². The number of allylic oxidation sites excluding steroid dienone is 1. The van der Waals surface area contributed by atoms with Gasteiger partial charge in [-0.15, -0.1) is 0 Å². The van der Waals surface area contributed by atoms with E-state index in [9.17, 15) is 4.79 Å². The second-order valence-electron chi connectivity index (χ2n) is 2.61. The molecule has 6 nitrogen and oxygen atoms in total. The maximum atomic E-state index is 10.5. The Labute approximate surface area is 87.5 Å². The molecule has 0 aliphatic rings. The summed E-state index contributed by atoms with van der Waals surface area (Å²) in [6, 6.07) is 0. The Morgan fingerprint density at radius 3 is 2.60 bits per heavy atom. The molecule has 0 atom stereocenters. The van der Waals surface area contributed by atoms with E-state index in [0.29, 0.717) is 5.70 Å². The molecule has 0 bridgehead atoms. The van der Waals surface area contributed by atoms with Gasteiger partial charge in [0, 0.05) is 19.8 Å². The third-order valence-electron chi connectivity index (χ3n) is 1.61. The summed E-state index contributed by atoms with van der Waals surface area (Å²) >= 11 is 0. The number of nitrogens with zero attached hydrogens (tertiary/aromatic N) is 1. The number of carbonyl (C=O) groups is 1. The molecule has 0 unspecified atom stereocenters. The van der Waals surface area contributed by atoms with Crippen LogP contribution in [-0.4, -0.2) is 36.1 Å². The molecule has 0 heterocycles. The molecule has 84 valence electrons. The lowest BCUT2D eigenvalue weighted by molar-refractivity contribution is -0.194. The minimum absolute atomic E-state index is 0.0457. The Hall–Kier alpha value is -1.82. The van der Waals surface area contributed by atoms with Crippen LogP contribution in [0.5, 0.6) is 0 Å². The van der Waals surface area contributed by atoms with Gasteiger partial charge in [-0.25, -0.2) is 5.26 Å². The van der Waals surface area contributed by atoms with E-state index in [0.717, 1.165) is 0 Å². The fourth-order valence-corrected chi connectivity index (χ4v) is 0.856. The van der Waals surface area contributed by atoms with Crippen molar-refractivity contribution in [1.29, 1.82) is 0 Å². The molecule has 0 amide bonds. The molecule has 0 spiro atoms. The second kappa shape index (κ2) is 6.61. The summed E-state index contributed by atoms with van der Waals surface area (Å²) in [5, 5.41) is 19.6. The van der Waals surface area contributed by atoms with Crippen LogP contribution < -0.4 is 5.32 Å². The Kier molecular flexibility index (Phi) is 5.81. The number of aliphatic carboxylic acids is 1. The van der Waals surface area contributed by atoms with Crippen molar-refractivity contribution in [2.24, 2.45) is 4.99 Å². The average molecular weight is 214 g/mol. The van der Waals surface area contributed by atoms with E-state index in [1.54, 1.807) is 7.05 Å². The van der Waals surface area contributed by atoms with Crippen LogP contribution in [0.15, 0.2) is 29.1 Å². The average Bonchev–Trinajstić information content (AvgIpc) is 2.22. The summed E-state index contributed by atoms with van der Waals surface area (Å²) < 4.78 is 0. The Balaban J connectivity index is 4.79. The van der Waals surface area contributed by atoms with Crippen molar-refractivity contribution in [3.8, 4) is 0 Å². The van der Waals surface area contributed by atoms with Gasteiger partial charge in [0.2, 0.25) is 0 Å². The molecule has 3 N–H and O–H groups in total. The maximum absolute atomic E-state index is 10.5. The van der Waals surface area contributed by atoms with Crippen LogP contribution in [-0.2, 0) is 9.68 Å². The molecule has 0 aromatic carbocycles. The fraction of sp³-hybridized carbons (Fsp3) is 0.333. The van der Waals surface area contributed by atoms with Crippen LogP contribution >= 0.6 is 0 Å². The van der Waals surface area contributed by atoms with Gasteiger partial charge >= 0.3 is 5.97 Å². The molecule has 6 heteroatoms. The maximum Gasteiger partial charge on any atom is 0.309 e. The normalized spacial score (nSPS) is 12.2. The molecular formula is C9H14N2O4. The fourth-order valence-electron chi connectivity index (χ4n) is 0.856. The molecule has 0 rings (SSSR count). The minimum atomic E-state index is -0.971. The predicted molar refractivity (Wildman–Crippen MR) is 55.6 cm³/mol. The van der Waals surface area contributed by atoms with E-state index in [1.165, 1.54) is 13.1 Å². The molecule has 0 aliphatic carbocycles. The second-order valence-corrected chi connectivity index (χ2v) is 2.61. The van der Waals surface area contributed by atoms with E-state index >= 15 is 0 Å². The highest BCUT2D eigenvalue weighted by atomic mass is 17.1. The molecule has 0 saturated heterocycles. The van der Waals surface area contributed by atoms with Crippen LogP contribution in [0, 0.1) is 0 Å². The van der Waals surface area contributed by atoms with Gasteiger partial charge in [-0.1, -0.05) is 6.58 Å². The van der Waals surface area contributed by atoms with E-state index in [-0.39, 0.29) is 17.9 Å². The minimum Gasteiger partial charge on any atom is -0.481 e. The Morgan fingerprint density at radius 1 is 1.67 bits per heavy atom. The summed E-state index contributed by atoms with van der Waals surface area (Å²) in [5.41, 5.74) is 0.699. The first-order valence-electron chi connectivity index (χ1n) is 4.12. The van der Waals surface area contributed by atoms with Gasteiger partial charge in [0.05, 0.1) is 6.42 Å². The summed E-state index contributed by atoms with van der Waals surface area (Å²) in [4.78, 5) is 18.1.